The lowest BCUT2D eigenvalue weighted by molar-refractivity contribution is -0.124. The number of amides is 1. The Morgan fingerprint density at radius 1 is 1.53 bits per heavy atom. The number of nitrogens with one attached hydrogen (secondary N) is 1. The van der Waals surface area contributed by atoms with Gasteiger partial charge in [0.15, 0.2) is 5.03 Å². The molecule has 1 amide bonds. The first-order valence-corrected chi connectivity index (χ1v) is 8.47. The monoisotopic (exact) mass is 305 g/mol. The van der Waals surface area contributed by atoms with Gasteiger partial charge in [0, 0.05) is 22.9 Å². The highest BCUT2D eigenvalue weighted by Gasteiger charge is 2.23. The van der Waals surface area contributed by atoms with Crippen LogP contribution < -0.4 is 5.32 Å². The van der Waals surface area contributed by atoms with E-state index in [-0.39, 0.29) is 17.0 Å². The molecule has 19 heavy (non-hydrogen) atoms. The van der Waals surface area contributed by atoms with Crippen LogP contribution in [-0.2, 0) is 13.8 Å². The quantitative estimate of drug-likeness (QED) is 0.853. The predicted molar refractivity (Wildman–Crippen MR) is 70.4 cm³/mol. The molecular weight excluding hydrogens is 290 g/mol. The maximum Gasteiger partial charge on any atom is 0.280 e. The lowest BCUT2D eigenvalue weighted by Gasteiger charge is -2.17. The molecule has 6 nitrogen and oxygen atoms in total. The summed E-state index contributed by atoms with van der Waals surface area (Å²) in [5.41, 5.74) is 0. The van der Waals surface area contributed by atoms with Crippen molar-refractivity contribution >= 4 is 25.6 Å². The number of aromatic nitrogens is 2. The average Bonchev–Trinajstić information content (AvgIpc) is 2.97. The summed E-state index contributed by atoms with van der Waals surface area (Å²) < 4.78 is 23.7. The number of imidazole rings is 1. The van der Waals surface area contributed by atoms with Crippen LogP contribution in [0.1, 0.15) is 38.6 Å². The van der Waals surface area contributed by atoms with Crippen LogP contribution in [0.5, 0.6) is 0 Å². The normalized spacial score (nSPS) is 18.4. The van der Waals surface area contributed by atoms with Crippen molar-refractivity contribution in [1.29, 1.82) is 0 Å². The average molecular weight is 306 g/mol. The molecule has 1 aliphatic carbocycles. The summed E-state index contributed by atoms with van der Waals surface area (Å²) in [5.74, 6) is -0.136. The van der Waals surface area contributed by atoms with Crippen LogP contribution in [0.25, 0.3) is 0 Å². The molecular formula is C11H16ClN3O3S. The molecule has 8 heteroatoms. The zero-order chi connectivity index (χ0) is 14.0. The van der Waals surface area contributed by atoms with Crippen molar-refractivity contribution < 1.29 is 13.2 Å². The molecule has 0 saturated heterocycles. The van der Waals surface area contributed by atoms with Gasteiger partial charge in [0.25, 0.3) is 9.05 Å². The van der Waals surface area contributed by atoms with Gasteiger partial charge in [-0.2, -0.15) is 0 Å². The van der Waals surface area contributed by atoms with Gasteiger partial charge in [0.05, 0.1) is 6.33 Å². The van der Waals surface area contributed by atoms with Crippen molar-refractivity contribution in [2.45, 2.75) is 49.7 Å². The summed E-state index contributed by atoms with van der Waals surface area (Å²) in [6.45, 7) is 1.69. The number of hydrogen-bond acceptors (Lipinski definition) is 4. The number of nitrogens with zero attached hydrogens (tertiary/aromatic N) is 2. The first-order chi connectivity index (χ1) is 8.88. The molecule has 0 aromatic carbocycles. The van der Waals surface area contributed by atoms with Crippen LogP contribution in [0.2, 0.25) is 0 Å². The van der Waals surface area contributed by atoms with Crippen LogP contribution in [0, 0.1) is 0 Å². The maximum atomic E-state index is 12.0. The minimum Gasteiger partial charge on any atom is -0.352 e. The highest BCUT2D eigenvalue weighted by atomic mass is 35.7. The third-order valence-corrected chi connectivity index (χ3v) is 4.54. The molecule has 106 valence electrons. The molecule has 0 radical (unpaired) electrons. The van der Waals surface area contributed by atoms with Gasteiger partial charge in [-0.1, -0.05) is 12.8 Å². The molecule has 2 rings (SSSR count). The highest BCUT2D eigenvalue weighted by Crippen LogP contribution is 2.19. The molecule has 0 bridgehead atoms. The molecule has 0 spiro atoms. The summed E-state index contributed by atoms with van der Waals surface area (Å²) in [6.07, 6.45) is 6.85. The van der Waals surface area contributed by atoms with E-state index in [9.17, 15) is 13.2 Å². The molecule has 1 aromatic heterocycles. The van der Waals surface area contributed by atoms with Crippen LogP contribution in [0.4, 0.5) is 0 Å². The number of rotatable bonds is 4. The van der Waals surface area contributed by atoms with Crippen LogP contribution in [-0.4, -0.2) is 29.9 Å². The van der Waals surface area contributed by atoms with Gasteiger partial charge in [0.1, 0.15) is 6.04 Å². The molecule has 1 unspecified atom stereocenters. The van der Waals surface area contributed by atoms with Crippen LogP contribution in [0.3, 0.4) is 0 Å². The van der Waals surface area contributed by atoms with Gasteiger partial charge >= 0.3 is 0 Å². The van der Waals surface area contributed by atoms with Gasteiger partial charge in [-0.25, -0.2) is 13.4 Å². The van der Waals surface area contributed by atoms with Crippen molar-refractivity contribution in [1.82, 2.24) is 14.9 Å². The Labute approximate surface area is 116 Å². The summed E-state index contributed by atoms with van der Waals surface area (Å²) >= 11 is 0. The van der Waals surface area contributed by atoms with Crippen molar-refractivity contribution in [3.8, 4) is 0 Å². The second-order valence-corrected chi connectivity index (χ2v) is 7.28. The molecule has 1 aliphatic rings. The van der Waals surface area contributed by atoms with Crippen molar-refractivity contribution in [2.24, 2.45) is 0 Å². The Bertz CT molecular complexity index is 563. The molecule has 1 heterocycles. The number of hydrogen-bond donors (Lipinski definition) is 1. The molecule has 1 N–H and O–H groups in total. The maximum absolute atomic E-state index is 12.0. The van der Waals surface area contributed by atoms with Crippen molar-refractivity contribution in [2.75, 3.05) is 0 Å². The Morgan fingerprint density at radius 2 is 2.16 bits per heavy atom. The minimum atomic E-state index is -3.86. The second kappa shape index (κ2) is 5.50. The van der Waals surface area contributed by atoms with E-state index in [2.05, 4.69) is 10.3 Å². The Kier molecular flexibility index (Phi) is 4.15. The van der Waals surface area contributed by atoms with Crippen LogP contribution in [0.15, 0.2) is 17.6 Å². The second-order valence-electron chi connectivity index (χ2n) is 4.76. The van der Waals surface area contributed by atoms with E-state index < -0.39 is 15.1 Å². The summed E-state index contributed by atoms with van der Waals surface area (Å²) in [4.78, 5) is 15.7. The first-order valence-electron chi connectivity index (χ1n) is 6.16. The zero-order valence-electron chi connectivity index (χ0n) is 10.5. The van der Waals surface area contributed by atoms with Gasteiger partial charge in [-0.3, -0.25) is 4.79 Å². The first kappa shape index (κ1) is 14.3. The minimum absolute atomic E-state index is 0.136. The van der Waals surface area contributed by atoms with Gasteiger partial charge in [-0.15, -0.1) is 0 Å². The lowest BCUT2D eigenvalue weighted by atomic mass is 10.2. The van der Waals surface area contributed by atoms with E-state index in [4.69, 9.17) is 10.7 Å². The summed E-state index contributed by atoms with van der Waals surface area (Å²) in [5, 5.41) is 2.71. The topological polar surface area (TPSA) is 81.1 Å². The third kappa shape index (κ3) is 3.48. The van der Waals surface area contributed by atoms with Crippen molar-refractivity contribution in [3.63, 3.8) is 0 Å². The molecule has 0 aliphatic heterocycles. The van der Waals surface area contributed by atoms with E-state index in [1.807, 2.05) is 0 Å². The standard InChI is InChI=1S/C11H16ClN3O3S/c1-8(11(16)14-9-4-2-3-5-9)15-6-10(13-7-15)19(12,17)18/h6-9H,2-5H2,1H3,(H,14,16). The van der Waals surface area contributed by atoms with Crippen LogP contribution >= 0.6 is 10.7 Å². The van der Waals surface area contributed by atoms with Gasteiger partial charge in [-0.05, 0) is 19.8 Å². The fourth-order valence-corrected chi connectivity index (χ4v) is 2.84. The Morgan fingerprint density at radius 3 is 2.68 bits per heavy atom. The fraction of sp³-hybridized carbons (Fsp3) is 0.636. The van der Waals surface area contributed by atoms with E-state index in [1.165, 1.54) is 17.1 Å². The van der Waals surface area contributed by atoms with E-state index in [0.29, 0.717) is 0 Å². The smallest absolute Gasteiger partial charge is 0.280 e. The van der Waals surface area contributed by atoms with E-state index >= 15 is 0 Å². The van der Waals surface area contributed by atoms with Crippen molar-refractivity contribution in [3.05, 3.63) is 12.5 Å². The van der Waals surface area contributed by atoms with E-state index in [1.54, 1.807) is 6.92 Å². The van der Waals surface area contributed by atoms with Gasteiger partial charge < -0.3 is 9.88 Å². The summed E-state index contributed by atoms with van der Waals surface area (Å²) in [6, 6.07) is -0.282. The Balaban J connectivity index is 2.04. The molecule has 1 fully saturated rings. The number of halogens is 1. The SMILES string of the molecule is CC(C(=O)NC1CCCC1)n1cnc(S(=O)(=O)Cl)c1. The molecule has 1 atom stereocenters. The largest absolute Gasteiger partial charge is 0.352 e. The molecule has 1 saturated carbocycles. The fourth-order valence-electron chi connectivity index (χ4n) is 2.18. The predicted octanol–water partition coefficient (Wildman–Crippen LogP) is 1.43. The van der Waals surface area contributed by atoms with E-state index in [0.717, 1.165) is 25.7 Å². The summed E-state index contributed by atoms with van der Waals surface area (Å²) in [7, 11) is 1.33. The van der Waals surface area contributed by atoms with Gasteiger partial charge in [0.2, 0.25) is 5.91 Å². The number of carbonyl (C=O) groups is 1. The molecule has 1 aromatic rings. The zero-order valence-corrected chi connectivity index (χ0v) is 12.1. The third-order valence-electron chi connectivity index (χ3n) is 3.36. The highest BCUT2D eigenvalue weighted by molar-refractivity contribution is 8.13. The Hall–Kier alpha value is -1.08. The number of carbonyl (C=O) groups excluding carboxylic acids is 1. The lowest BCUT2D eigenvalue weighted by Crippen LogP contribution is -2.37.